The van der Waals surface area contributed by atoms with Crippen molar-refractivity contribution in [2.45, 2.75) is 24.9 Å². The lowest BCUT2D eigenvalue weighted by molar-refractivity contribution is -0.120. The molecule has 4 heterocycles. The van der Waals surface area contributed by atoms with Crippen LogP contribution in [0.4, 0.5) is 10.5 Å². The lowest BCUT2D eigenvalue weighted by Crippen LogP contribution is -2.44. The second-order valence-corrected chi connectivity index (χ2v) is 11.4. The van der Waals surface area contributed by atoms with Crippen LogP contribution in [0, 0.1) is 0 Å². The Hall–Kier alpha value is -4.67. The van der Waals surface area contributed by atoms with Crippen LogP contribution in [0.1, 0.15) is 39.6 Å². The quantitative estimate of drug-likeness (QED) is 0.235. The number of methoxy groups -OCH3 is 1. The van der Waals surface area contributed by atoms with E-state index >= 15 is 0 Å². The summed E-state index contributed by atoms with van der Waals surface area (Å²) in [5.41, 5.74) is 4.69. The Morgan fingerprint density at radius 3 is 2.61 bits per heavy atom. The van der Waals surface area contributed by atoms with Crippen LogP contribution in [0.2, 0.25) is 0 Å². The van der Waals surface area contributed by atoms with Crippen molar-refractivity contribution in [3.63, 3.8) is 0 Å². The predicted octanol–water partition coefficient (Wildman–Crippen LogP) is 4.11. The van der Waals surface area contributed by atoms with Crippen LogP contribution in [-0.4, -0.2) is 85.2 Å². The number of amides is 4. The molecule has 10 nitrogen and oxygen atoms in total. The van der Waals surface area contributed by atoms with Crippen molar-refractivity contribution in [3.05, 3.63) is 95.2 Å². The highest BCUT2D eigenvalue weighted by atomic mass is 16.5. The number of para-hydroxylation sites is 1. The number of carbonyl (C=O) groups excluding carboxylic acids is 3. The summed E-state index contributed by atoms with van der Waals surface area (Å²) >= 11 is 0. The Kier molecular flexibility index (Phi) is 7.53. The summed E-state index contributed by atoms with van der Waals surface area (Å²) in [7, 11) is 1.61. The molecule has 10 heteroatoms. The van der Waals surface area contributed by atoms with Gasteiger partial charge in [-0.15, -0.1) is 0 Å². The number of nitrogens with zero attached hydrogens (tertiary/aromatic N) is 3. The molecule has 226 valence electrons. The molecule has 0 bridgehead atoms. The van der Waals surface area contributed by atoms with Crippen LogP contribution in [0.5, 0.6) is 5.75 Å². The SMILES string of the molecule is COc1cccc([C@@H]2c3[nH]c4ccccc4c3C[C@H]3C(=O)N(c4ccc(C(=O)NCCCN5CCOCC5)cc4)C(=O)N23)c1. The smallest absolute Gasteiger partial charge is 0.332 e. The molecule has 7 rings (SSSR count). The van der Waals surface area contributed by atoms with Gasteiger partial charge < -0.3 is 19.8 Å². The normalized spacial score (nSPS) is 20.1. The molecular formula is C34H35N5O5. The number of anilines is 1. The van der Waals surface area contributed by atoms with Gasteiger partial charge in [-0.25, -0.2) is 9.69 Å². The third-order valence-electron chi connectivity index (χ3n) is 8.89. The Bertz CT molecular complexity index is 1710. The summed E-state index contributed by atoms with van der Waals surface area (Å²) in [6.07, 6.45) is 1.26. The number of urea groups is 1. The van der Waals surface area contributed by atoms with Gasteiger partial charge in [0.2, 0.25) is 0 Å². The van der Waals surface area contributed by atoms with Crippen LogP contribution in [0.15, 0.2) is 72.8 Å². The van der Waals surface area contributed by atoms with Gasteiger partial charge in [0.05, 0.1) is 26.0 Å². The van der Waals surface area contributed by atoms with Gasteiger partial charge >= 0.3 is 6.03 Å². The van der Waals surface area contributed by atoms with Gasteiger partial charge in [-0.2, -0.15) is 0 Å². The van der Waals surface area contributed by atoms with E-state index in [4.69, 9.17) is 9.47 Å². The van der Waals surface area contributed by atoms with Gasteiger partial charge in [0, 0.05) is 48.2 Å². The van der Waals surface area contributed by atoms with Crippen molar-refractivity contribution in [2.75, 3.05) is 51.4 Å². The maximum absolute atomic E-state index is 14.1. The number of rotatable bonds is 8. The Balaban J connectivity index is 1.12. The molecule has 1 aromatic heterocycles. The molecule has 0 unspecified atom stereocenters. The molecule has 0 spiro atoms. The number of hydrogen-bond donors (Lipinski definition) is 2. The first-order chi connectivity index (χ1) is 21.5. The number of aromatic amines is 1. The number of imide groups is 1. The number of ether oxygens (including phenoxy) is 2. The number of nitrogens with one attached hydrogen (secondary N) is 2. The minimum absolute atomic E-state index is 0.182. The summed E-state index contributed by atoms with van der Waals surface area (Å²) < 4.78 is 10.9. The third-order valence-corrected chi connectivity index (χ3v) is 8.89. The zero-order valence-electron chi connectivity index (χ0n) is 24.6. The molecule has 4 amide bonds. The number of carbonyl (C=O) groups is 3. The highest BCUT2D eigenvalue weighted by Gasteiger charge is 2.53. The van der Waals surface area contributed by atoms with Crippen molar-refractivity contribution in [2.24, 2.45) is 0 Å². The zero-order chi connectivity index (χ0) is 30.2. The van der Waals surface area contributed by atoms with Gasteiger partial charge in [-0.1, -0.05) is 30.3 Å². The van der Waals surface area contributed by atoms with Crippen molar-refractivity contribution >= 4 is 34.4 Å². The lowest BCUT2D eigenvalue weighted by Gasteiger charge is -2.36. The molecule has 3 aromatic carbocycles. The van der Waals surface area contributed by atoms with Crippen LogP contribution in [0.25, 0.3) is 10.9 Å². The van der Waals surface area contributed by atoms with Gasteiger partial charge in [0.15, 0.2) is 0 Å². The summed E-state index contributed by atoms with van der Waals surface area (Å²) in [5, 5.41) is 4.02. The van der Waals surface area contributed by atoms with E-state index in [0.29, 0.717) is 30.0 Å². The molecule has 3 aliphatic rings. The van der Waals surface area contributed by atoms with Gasteiger partial charge in [-0.3, -0.25) is 19.4 Å². The van der Waals surface area contributed by atoms with E-state index < -0.39 is 18.1 Å². The fourth-order valence-electron chi connectivity index (χ4n) is 6.66. The van der Waals surface area contributed by atoms with E-state index in [-0.39, 0.29) is 11.8 Å². The number of hydrogen-bond acceptors (Lipinski definition) is 6. The topological polar surface area (TPSA) is 107 Å². The third kappa shape index (κ3) is 4.99. The van der Waals surface area contributed by atoms with E-state index in [1.54, 1.807) is 36.3 Å². The Labute approximate surface area is 255 Å². The second-order valence-electron chi connectivity index (χ2n) is 11.4. The molecule has 4 aromatic rings. The van der Waals surface area contributed by atoms with Gasteiger partial charge in [0.25, 0.3) is 11.8 Å². The van der Waals surface area contributed by atoms with Crippen LogP contribution < -0.4 is 15.0 Å². The number of benzene rings is 3. The maximum atomic E-state index is 14.1. The highest BCUT2D eigenvalue weighted by Crippen LogP contribution is 2.45. The summed E-state index contributed by atoms with van der Waals surface area (Å²) in [6, 6.07) is 20.8. The minimum atomic E-state index is -0.667. The monoisotopic (exact) mass is 593 g/mol. The first kappa shape index (κ1) is 28.1. The van der Waals surface area contributed by atoms with Crippen LogP contribution in [-0.2, 0) is 16.0 Å². The zero-order valence-corrected chi connectivity index (χ0v) is 24.6. The molecule has 0 saturated carbocycles. The fraction of sp³-hybridized carbons (Fsp3) is 0.324. The molecular weight excluding hydrogens is 558 g/mol. The van der Waals surface area contributed by atoms with E-state index in [2.05, 4.69) is 15.2 Å². The Morgan fingerprint density at radius 1 is 1.02 bits per heavy atom. The standard InChI is InChI=1S/C34H35N5O5/c1-43-25-7-4-6-23(20-25)31-30-27(26-8-2-3-9-28(26)36-30)21-29-33(41)38(34(42)39(29)31)24-12-10-22(11-13-24)32(40)35-14-5-15-37-16-18-44-19-17-37/h2-4,6-13,20,29,31,36H,5,14-19,21H2,1H3,(H,35,40)/t29-,31+/m0/s1. The van der Waals surface area contributed by atoms with Crippen molar-refractivity contribution in [3.8, 4) is 5.75 Å². The van der Waals surface area contributed by atoms with E-state index in [1.807, 2.05) is 48.5 Å². The lowest BCUT2D eigenvalue weighted by atomic mass is 9.89. The van der Waals surface area contributed by atoms with E-state index in [0.717, 1.165) is 67.0 Å². The largest absolute Gasteiger partial charge is 0.497 e. The molecule has 2 saturated heterocycles. The number of H-pyrrole nitrogens is 1. The molecule has 2 N–H and O–H groups in total. The first-order valence-electron chi connectivity index (χ1n) is 15.1. The van der Waals surface area contributed by atoms with E-state index in [1.165, 1.54) is 4.90 Å². The van der Waals surface area contributed by atoms with Crippen molar-refractivity contribution in [1.29, 1.82) is 0 Å². The predicted molar refractivity (Wildman–Crippen MR) is 166 cm³/mol. The van der Waals surface area contributed by atoms with Gasteiger partial charge in [-0.05, 0) is 66.6 Å². The average Bonchev–Trinajstić information content (AvgIpc) is 3.56. The Morgan fingerprint density at radius 2 is 1.82 bits per heavy atom. The van der Waals surface area contributed by atoms with Gasteiger partial charge in [0.1, 0.15) is 17.8 Å². The number of aromatic nitrogens is 1. The minimum Gasteiger partial charge on any atom is -0.497 e. The average molecular weight is 594 g/mol. The van der Waals surface area contributed by atoms with Crippen LogP contribution >= 0.6 is 0 Å². The number of morpholine rings is 1. The van der Waals surface area contributed by atoms with Crippen LogP contribution in [0.3, 0.4) is 0 Å². The molecule has 0 radical (unpaired) electrons. The number of fused-ring (bicyclic) bond motifs is 4. The molecule has 3 aliphatic heterocycles. The fourth-order valence-corrected chi connectivity index (χ4v) is 6.66. The first-order valence-corrected chi connectivity index (χ1v) is 15.1. The summed E-state index contributed by atoms with van der Waals surface area (Å²) in [4.78, 5) is 49.7. The van der Waals surface area contributed by atoms with Crippen molar-refractivity contribution in [1.82, 2.24) is 20.1 Å². The molecule has 2 atom stereocenters. The summed E-state index contributed by atoms with van der Waals surface area (Å²) in [6.45, 7) is 4.83. The maximum Gasteiger partial charge on any atom is 0.332 e. The summed E-state index contributed by atoms with van der Waals surface area (Å²) in [5.74, 6) is 0.213. The molecule has 2 fully saturated rings. The van der Waals surface area contributed by atoms with E-state index in [9.17, 15) is 14.4 Å². The molecule has 0 aliphatic carbocycles. The molecule has 44 heavy (non-hydrogen) atoms. The van der Waals surface area contributed by atoms with Crippen molar-refractivity contribution < 1.29 is 23.9 Å². The highest BCUT2D eigenvalue weighted by molar-refractivity contribution is 6.22. The second kappa shape index (κ2) is 11.8.